The molecule has 44 heavy (non-hydrogen) atoms. The van der Waals surface area contributed by atoms with E-state index < -0.39 is 16.2 Å². The number of carbonyl (C=O) groups excluding carboxylic acids is 1. The standard InChI is InChI=1S/C31H29Cl3N4O5S/c1-38(2)44(40,41)37-31(39)35-19-10-8-17(9-11-19)22-15-23(22)21-13-12-20(14-27(21)34)42-16-24-29(36-43-30(24)18-6-7-18)28-25(32)4-3-5-26(28)33/h3-5,8-14,18,22-23H,6-7,15-16H2,1-2H3,(H2,35,37,39)/t22-,23-/m0/s1. The maximum Gasteiger partial charge on any atom is 0.333 e. The number of ether oxygens (including phenoxy) is 1. The van der Waals surface area contributed by atoms with Crippen LogP contribution < -0.4 is 14.8 Å². The average molecular weight is 676 g/mol. The fourth-order valence-corrected chi connectivity index (χ4v) is 6.54. The van der Waals surface area contributed by atoms with Gasteiger partial charge in [0.2, 0.25) is 0 Å². The normalized spacial score (nSPS) is 17.9. The Morgan fingerprint density at radius 3 is 2.34 bits per heavy atom. The van der Waals surface area contributed by atoms with Gasteiger partial charge in [0.25, 0.3) is 0 Å². The van der Waals surface area contributed by atoms with E-state index in [1.54, 1.807) is 30.3 Å². The number of amides is 2. The molecule has 2 N–H and O–H groups in total. The van der Waals surface area contributed by atoms with E-state index in [2.05, 4.69) is 10.5 Å². The molecule has 1 aromatic heterocycles. The zero-order valence-electron chi connectivity index (χ0n) is 23.8. The molecule has 0 bridgehead atoms. The first-order valence-electron chi connectivity index (χ1n) is 14.0. The topological polar surface area (TPSA) is 114 Å². The van der Waals surface area contributed by atoms with E-state index in [0.29, 0.717) is 43.7 Å². The maximum atomic E-state index is 12.1. The molecule has 4 aromatic rings. The Labute approximate surface area is 270 Å². The first kappa shape index (κ1) is 30.7. The van der Waals surface area contributed by atoms with Crippen LogP contribution in [-0.4, -0.2) is 38.0 Å². The number of nitrogens with zero attached hydrogens (tertiary/aromatic N) is 2. The van der Waals surface area contributed by atoms with Gasteiger partial charge in [-0.25, -0.2) is 9.52 Å². The third-order valence-corrected chi connectivity index (χ3v) is 10.2. The number of hydrogen-bond acceptors (Lipinski definition) is 6. The minimum atomic E-state index is -3.88. The summed E-state index contributed by atoms with van der Waals surface area (Å²) in [5.74, 6) is 2.27. The van der Waals surface area contributed by atoms with Gasteiger partial charge in [-0.1, -0.05) is 64.2 Å². The summed E-state index contributed by atoms with van der Waals surface area (Å²) in [5, 5.41) is 8.46. The molecule has 2 aliphatic rings. The number of aromatic nitrogens is 1. The third-order valence-electron chi connectivity index (χ3n) is 7.81. The highest BCUT2D eigenvalue weighted by atomic mass is 35.5. The Hall–Kier alpha value is -3.28. The van der Waals surface area contributed by atoms with Crippen molar-refractivity contribution in [3.05, 3.63) is 98.2 Å². The SMILES string of the molecule is CN(C)S(=O)(=O)NC(=O)Nc1ccc([C@@H]2C[C@H]2c2ccc(OCc3c(-c4c(Cl)cccc4Cl)noc3C3CC3)cc2Cl)cc1. The Morgan fingerprint density at radius 1 is 1.00 bits per heavy atom. The van der Waals surface area contributed by atoms with E-state index in [1.165, 1.54) is 14.1 Å². The molecule has 9 nitrogen and oxygen atoms in total. The molecule has 2 atom stereocenters. The Bertz CT molecular complexity index is 1800. The molecule has 3 aromatic carbocycles. The summed E-state index contributed by atoms with van der Waals surface area (Å²) in [7, 11) is -1.21. The smallest absolute Gasteiger partial charge is 0.333 e. The molecule has 1 heterocycles. The largest absolute Gasteiger partial charge is 0.489 e. The lowest BCUT2D eigenvalue weighted by Crippen LogP contribution is -2.41. The van der Waals surface area contributed by atoms with E-state index >= 15 is 0 Å². The number of halogens is 3. The number of urea groups is 1. The predicted octanol–water partition coefficient (Wildman–Crippen LogP) is 7.96. The molecule has 13 heteroatoms. The van der Waals surface area contributed by atoms with Crippen molar-refractivity contribution in [2.75, 3.05) is 19.4 Å². The lowest BCUT2D eigenvalue weighted by Gasteiger charge is -2.13. The van der Waals surface area contributed by atoms with Crippen LogP contribution in [0.5, 0.6) is 5.75 Å². The second-order valence-corrected chi connectivity index (χ2v) is 14.2. The van der Waals surface area contributed by atoms with Crippen LogP contribution in [0.2, 0.25) is 15.1 Å². The van der Waals surface area contributed by atoms with E-state index in [4.69, 9.17) is 44.1 Å². The summed E-state index contributed by atoms with van der Waals surface area (Å²) in [6.45, 7) is 0.230. The molecule has 6 rings (SSSR count). The molecule has 0 aliphatic heterocycles. The van der Waals surface area contributed by atoms with Gasteiger partial charge in [0.1, 0.15) is 23.8 Å². The second kappa shape index (κ2) is 12.3. The number of carbonyl (C=O) groups is 1. The minimum absolute atomic E-state index is 0.230. The predicted molar refractivity (Wildman–Crippen MR) is 171 cm³/mol. The van der Waals surface area contributed by atoms with Crippen LogP contribution in [-0.2, 0) is 16.8 Å². The summed E-state index contributed by atoms with van der Waals surface area (Å²) in [5.41, 5.74) is 4.67. The minimum Gasteiger partial charge on any atom is -0.489 e. The number of hydrogen-bond donors (Lipinski definition) is 2. The van der Waals surface area contributed by atoms with Crippen molar-refractivity contribution in [1.29, 1.82) is 0 Å². The molecule has 0 saturated heterocycles. The summed E-state index contributed by atoms with van der Waals surface area (Å²) >= 11 is 19.7. The van der Waals surface area contributed by atoms with Crippen molar-refractivity contribution in [3.63, 3.8) is 0 Å². The first-order chi connectivity index (χ1) is 21.0. The maximum absolute atomic E-state index is 12.1. The van der Waals surface area contributed by atoms with Crippen molar-refractivity contribution >= 4 is 56.7 Å². The molecular weight excluding hydrogens is 647 g/mol. The van der Waals surface area contributed by atoms with E-state index in [-0.39, 0.29) is 18.4 Å². The highest BCUT2D eigenvalue weighted by Gasteiger charge is 2.40. The summed E-state index contributed by atoms with van der Waals surface area (Å²) < 4.78 is 38.5. The number of anilines is 1. The third kappa shape index (κ3) is 6.55. The molecule has 2 fully saturated rings. The first-order valence-corrected chi connectivity index (χ1v) is 16.6. The van der Waals surface area contributed by atoms with Gasteiger partial charge >= 0.3 is 16.2 Å². The lowest BCUT2D eigenvalue weighted by atomic mass is 10.0. The fourth-order valence-electron chi connectivity index (χ4n) is 5.19. The quantitative estimate of drug-likeness (QED) is 0.176. The van der Waals surface area contributed by atoms with Crippen molar-refractivity contribution in [2.24, 2.45) is 0 Å². The molecular formula is C31H29Cl3N4O5S. The molecule has 2 aliphatic carbocycles. The van der Waals surface area contributed by atoms with Crippen molar-refractivity contribution < 1.29 is 22.5 Å². The van der Waals surface area contributed by atoms with Gasteiger partial charge in [-0.2, -0.15) is 12.7 Å². The van der Waals surface area contributed by atoms with Crippen molar-refractivity contribution in [2.45, 2.75) is 43.6 Å². The van der Waals surface area contributed by atoms with E-state index in [9.17, 15) is 13.2 Å². The second-order valence-electron chi connectivity index (χ2n) is 11.1. The number of rotatable bonds is 10. The summed E-state index contributed by atoms with van der Waals surface area (Å²) in [4.78, 5) is 12.1. The summed E-state index contributed by atoms with van der Waals surface area (Å²) in [6, 6.07) is 17.6. The highest BCUT2D eigenvalue weighted by molar-refractivity contribution is 7.87. The molecule has 0 unspecified atom stereocenters. The molecule has 2 amide bonds. The Morgan fingerprint density at radius 2 is 1.70 bits per heavy atom. The van der Waals surface area contributed by atoms with Crippen LogP contribution in [0.4, 0.5) is 10.5 Å². The van der Waals surface area contributed by atoms with Gasteiger partial charge in [0.05, 0.1) is 15.6 Å². The molecule has 230 valence electrons. The van der Waals surface area contributed by atoms with E-state index in [0.717, 1.165) is 46.0 Å². The molecule has 2 saturated carbocycles. The van der Waals surface area contributed by atoms with Gasteiger partial charge in [-0.15, -0.1) is 0 Å². The van der Waals surface area contributed by atoms with Gasteiger partial charge in [-0.3, -0.25) is 0 Å². The number of benzene rings is 3. The van der Waals surface area contributed by atoms with Crippen LogP contribution in [0.25, 0.3) is 11.3 Å². The molecule has 0 spiro atoms. The lowest BCUT2D eigenvalue weighted by molar-refractivity contribution is 0.256. The van der Waals surface area contributed by atoms with Gasteiger partial charge < -0.3 is 14.6 Å². The van der Waals surface area contributed by atoms with Crippen LogP contribution in [0.1, 0.15) is 59.5 Å². The van der Waals surface area contributed by atoms with Crippen LogP contribution >= 0.6 is 34.8 Å². The molecule has 0 radical (unpaired) electrons. The zero-order valence-corrected chi connectivity index (χ0v) is 26.9. The fraction of sp³-hybridized carbons (Fsp3) is 0.290. The number of nitrogens with one attached hydrogen (secondary N) is 2. The Kier molecular flexibility index (Phi) is 8.56. The van der Waals surface area contributed by atoms with E-state index in [1.807, 2.05) is 35.1 Å². The Balaban J connectivity index is 1.10. The monoisotopic (exact) mass is 674 g/mol. The average Bonchev–Trinajstić information content (AvgIpc) is 3.90. The summed E-state index contributed by atoms with van der Waals surface area (Å²) in [6.07, 6.45) is 3.01. The van der Waals surface area contributed by atoms with Gasteiger partial charge in [0.15, 0.2) is 0 Å². The van der Waals surface area contributed by atoms with Crippen LogP contribution in [0, 0.1) is 0 Å². The highest BCUT2D eigenvalue weighted by Crippen LogP contribution is 2.56. The van der Waals surface area contributed by atoms with Crippen molar-refractivity contribution in [3.8, 4) is 17.0 Å². The van der Waals surface area contributed by atoms with Crippen molar-refractivity contribution in [1.82, 2.24) is 14.2 Å². The zero-order chi connectivity index (χ0) is 31.2. The van der Waals surface area contributed by atoms with Crippen LogP contribution in [0.3, 0.4) is 0 Å². The van der Waals surface area contributed by atoms with Gasteiger partial charge in [-0.05, 0) is 78.6 Å². The van der Waals surface area contributed by atoms with Crippen LogP contribution in [0.15, 0.2) is 65.2 Å². The van der Waals surface area contributed by atoms with Gasteiger partial charge in [0, 0.05) is 36.3 Å².